The van der Waals surface area contributed by atoms with Crippen LogP contribution in [0.4, 0.5) is 0 Å². The molecule has 0 aromatic carbocycles. The number of hydrogen-bond donors (Lipinski definition) is 1. The summed E-state index contributed by atoms with van der Waals surface area (Å²) < 4.78 is 5.06. The first-order valence-corrected chi connectivity index (χ1v) is 7.53. The smallest absolute Gasteiger partial charge is 0.0587 e. The Kier molecular flexibility index (Phi) is 7.60. The predicted octanol–water partition coefficient (Wildman–Crippen LogP) is 3.63. The molecule has 0 aliphatic heterocycles. The Balaban J connectivity index is 2.39. The van der Waals surface area contributed by atoms with Gasteiger partial charge in [-0.2, -0.15) is 0 Å². The van der Waals surface area contributed by atoms with Crippen LogP contribution in [0.1, 0.15) is 46.5 Å². The fourth-order valence-electron chi connectivity index (χ4n) is 2.62. The molecule has 1 aliphatic rings. The molecule has 18 heavy (non-hydrogen) atoms. The third-order valence-corrected chi connectivity index (χ3v) is 4.06. The Hall–Kier alpha value is -0.340. The van der Waals surface area contributed by atoms with E-state index in [4.69, 9.17) is 4.74 Å². The van der Waals surface area contributed by atoms with Crippen molar-refractivity contribution >= 4 is 0 Å². The van der Waals surface area contributed by atoms with Crippen molar-refractivity contribution in [3.05, 3.63) is 11.6 Å². The van der Waals surface area contributed by atoms with Gasteiger partial charge in [-0.1, -0.05) is 45.3 Å². The molecular formula is C16H31NO. The first-order valence-electron chi connectivity index (χ1n) is 7.53. The molecule has 2 heteroatoms. The number of allylic oxidation sites excluding steroid dienone is 1. The summed E-state index contributed by atoms with van der Waals surface area (Å²) >= 11 is 0. The molecule has 0 radical (unpaired) electrons. The van der Waals surface area contributed by atoms with E-state index in [-0.39, 0.29) is 0 Å². The minimum atomic E-state index is 0.652. The summed E-state index contributed by atoms with van der Waals surface area (Å²) in [6.45, 7) is 9.75. The van der Waals surface area contributed by atoms with Crippen LogP contribution in [0.5, 0.6) is 0 Å². The van der Waals surface area contributed by atoms with E-state index in [0.29, 0.717) is 5.92 Å². The molecule has 1 fully saturated rings. The van der Waals surface area contributed by atoms with Gasteiger partial charge in [0, 0.05) is 20.2 Å². The summed E-state index contributed by atoms with van der Waals surface area (Å²) in [6, 6.07) is 0. The van der Waals surface area contributed by atoms with Crippen LogP contribution in [-0.2, 0) is 4.74 Å². The maximum absolute atomic E-state index is 5.06. The van der Waals surface area contributed by atoms with Gasteiger partial charge in [-0.3, -0.25) is 0 Å². The highest BCUT2D eigenvalue weighted by molar-refractivity contribution is 5.09. The van der Waals surface area contributed by atoms with Gasteiger partial charge in [0.1, 0.15) is 0 Å². The van der Waals surface area contributed by atoms with Crippen LogP contribution in [0.2, 0.25) is 0 Å². The van der Waals surface area contributed by atoms with Gasteiger partial charge in [-0.25, -0.2) is 0 Å². The third-order valence-electron chi connectivity index (χ3n) is 4.06. The van der Waals surface area contributed by atoms with Crippen molar-refractivity contribution in [1.82, 2.24) is 5.32 Å². The molecule has 1 rings (SSSR count). The fraction of sp³-hybridized carbons (Fsp3) is 0.875. The van der Waals surface area contributed by atoms with E-state index in [1.165, 1.54) is 25.7 Å². The van der Waals surface area contributed by atoms with Crippen molar-refractivity contribution < 1.29 is 4.74 Å². The van der Waals surface area contributed by atoms with Gasteiger partial charge in [-0.15, -0.1) is 0 Å². The largest absolute Gasteiger partial charge is 0.383 e. The zero-order chi connectivity index (χ0) is 13.4. The summed E-state index contributed by atoms with van der Waals surface area (Å²) in [5.74, 6) is 2.42. The topological polar surface area (TPSA) is 21.3 Å². The Morgan fingerprint density at radius 2 is 1.94 bits per heavy atom. The molecule has 1 aliphatic carbocycles. The van der Waals surface area contributed by atoms with E-state index in [9.17, 15) is 0 Å². The Morgan fingerprint density at radius 1 is 1.28 bits per heavy atom. The molecule has 0 saturated heterocycles. The van der Waals surface area contributed by atoms with Gasteiger partial charge in [0.05, 0.1) is 6.61 Å². The first-order chi connectivity index (χ1) is 8.63. The highest BCUT2D eigenvalue weighted by Crippen LogP contribution is 2.30. The van der Waals surface area contributed by atoms with Gasteiger partial charge in [-0.05, 0) is 30.6 Å². The van der Waals surface area contributed by atoms with E-state index in [2.05, 4.69) is 32.2 Å². The third kappa shape index (κ3) is 6.01. The van der Waals surface area contributed by atoms with Crippen molar-refractivity contribution in [2.24, 2.45) is 17.8 Å². The zero-order valence-electron chi connectivity index (χ0n) is 12.7. The SMILES string of the molecule is COCCNC/C(=C\C1CCC(C)CC1)C(C)C. The molecule has 0 aromatic rings. The standard InChI is InChI=1S/C16H31NO/c1-13(2)16(12-17-9-10-18-4)11-15-7-5-14(3)6-8-15/h11,13-15,17H,5-10,12H2,1-4H3/b16-11+. The molecule has 0 aromatic heterocycles. The quantitative estimate of drug-likeness (QED) is 0.552. The maximum Gasteiger partial charge on any atom is 0.0587 e. The van der Waals surface area contributed by atoms with E-state index in [0.717, 1.165) is 31.5 Å². The number of rotatable bonds is 7. The molecule has 1 saturated carbocycles. The van der Waals surface area contributed by atoms with E-state index < -0.39 is 0 Å². The summed E-state index contributed by atoms with van der Waals surface area (Å²) in [5, 5.41) is 3.47. The number of hydrogen-bond acceptors (Lipinski definition) is 2. The predicted molar refractivity (Wildman–Crippen MR) is 78.8 cm³/mol. The lowest BCUT2D eigenvalue weighted by molar-refractivity contribution is 0.200. The van der Waals surface area contributed by atoms with Crippen molar-refractivity contribution in [3.8, 4) is 0 Å². The molecule has 2 nitrogen and oxygen atoms in total. The van der Waals surface area contributed by atoms with E-state index >= 15 is 0 Å². The van der Waals surface area contributed by atoms with E-state index in [1.807, 2.05) is 0 Å². The van der Waals surface area contributed by atoms with Gasteiger partial charge in [0.15, 0.2) is 0 Å². The average molecular weight is 253 g/mol. The summed E-state index contributed by atoms with van der Waals surface area (Å²) in [7, 11) is 1.75. The highest BCUT2D eigenvalue weighted by atomic mass is 16.5. The molecule has 0 unspecified atom stereocenters. The Morgan fingerprint density at radius 3 is 2.50 bits per heavy atom. The van der Waals surface area contributed by atoms with Crippen LogP contribution in [0.3, 0.4) is 0 Å². The zero-order valence-corrected chi connectivity index (χ0v) is 12.7. The normalized spacial score (nSPS) is 25.7. The van der Waals surface area contributed by atoms with E-state index in [1.54, 1.807) is 12.7 Å². The summed E-state index contributed by atoms with van der Waals surface area (Å²) in [6.07, 6.45) is 8.13. The van der Waals surface area contributed by atoms with Gasteiger partial charge < -0.3 is 10.1 Å². The van der Waals surface area contributed by atoms with Crippen molar-refractivity contribution in [3.63, 3.8) is 0 Å². The molecule has 0 heterocycles. The van der Waals surface area contributed by atoms with Crippen LogP contribution in [0, 0.1) is 17.8 Å². The second-order valence-electron chi connectivity index (χ2n) is 6.09. The Labute approximate surface area is 113 Å². The van der Waals surface area contributed by atoms with Crippen LogP contribution in [-0.4, -0.2) is 26.8 Å². The lowest BCUT2D eigenvalue weighted by atomic mass is 9.81. The minimum Gasteiger partial charge on any atom is -0.383 e. The van der Waals surface area contributed by atoms with Gasteiger partial charge in [0.2, 0.25) is 0 Å². The summed E-state index contributed by atoms with van der Waals surface area (Å²) in [4.78, 5) is 0. The molecule has 1 N–H and O–H groups in total. The average Bonchev–Trinajstić information content (AvgIpc) is 2.35. The molecular weight excluding hydrogens is 222 g/mol. The summed E-state index contributed by atoms with van der Waals surface area (Å²) in [5.41, 5.74) is 1.57. The van der Waals surface area contributed by atoms with Crippen molar-refractivity contribution in [2.45, 2.75) is 46.5 Å². The molecule has 0 atom stereocenters. The second kappa shape index (κ2) is 8.71. The molecule has 0 amide bonds. The van der Waals surface area contributed by atoms with Gasteiger partial charge >= 0.3 is 0 Å². The lowest BCUT2D eigenvalue weighted by Gasteiger charge is -2.25. The monoisotopic (exact) mass is 253 g/mol. The second-order valence-corrected chi connectivity index (χ2v) is 6.09. The van der Waals surface area contributed by atoms with Gasteiger partial charge in [0.25, 0.3) is 0 Å². The molecule has 106 valence electrons. The lowest BCUT2D eigenvalue weighted by Crippen LogP contribution is -2.24. The maximum atomic E-state index is 5.06. The molecule has 0 spiro atoms. The van der Waals surface area contributed by atoms with Crippen molar-refractivity contribution in [1.29, 1.82) is 0 Å². The number of nitrogens with one attached hydrogen (secondary N) is 1. The minimum absolute atomic E-state index is 0.652. The Bertz CT molecular complexity index is 239. The van der Waals surface area contributed by atoms with Crippen LogP contribution in [0.15, 0.2) is 11.6 Å². The number of ether oxygens (including phenoxy) is 1. The van der Waals surface area contributed by atoms with Crippen molar-refractivity contribution in [2.75, 3.05) is 26.8 Å². The van der Waals surface area contributed by atoms with Crippen LogP contribution < -0.4 is 5.32 Å². The van der Waals surface area contributed by atoms with Crippen LogP contribution >= 0.6 is 0 Å². The molecule has 0 bridgehead atoms. The fourth-order valence-corrected chi connectivity index (χ4v) is 2.62. The highest BCUT2D eigenvalue weighted by Gasteiger charge is 2.17. The first kappa shape index (κ1) is 15.7. The van der Waals surface area contributed by atoms with Crippen LogP contribution in [0.25, 0.3) is 0 Å². The number of methoxy groups -OCH3 is 1.